The molecule has 1 amide bonds. The Labute approximate surface area is 111 Å². The second kappa shape index (κ2) is 7.84. The number of carbonyl (C=O) groups is 1. The highest BCUT2D eigenvalue weighted by atomic mass is 35.5. The van der Waals surface area contributed by atoms with Crippen molar-refractivity contribution < 1.29 is 9.53 Å². The highest BCUT2D eigenvalue weighted by Crippen LogP contribution is 2.12. The molecule has 0 bridgehead atoms. The predicted octanol–water partition coefficient (Wildman–Crippen LogP) is 1.21. The Morgan fingerprint density at radius 1 is 1.50 bits per heavy atom. The summed E-state index contributed by atoms with van der Waals surface area (Å²) in [4.78, 5) is 19.3. The molecule has 2 N–H and O–H groups in total. The maximum absolute atomic E-state index is 11.0. The van der Waals surface area contributed by atoms with Crippen LogP contribution in [0.15, 0.2) is 6.07 Å². The standard InChI is InChI=1S/C11H17ClN4O2/c1-3-18-7-10-15-8(12)6-9(16-10)14-5-4-11(17)13-2/h6H,3-5,7H2,1-2H3,(H,13,17)(H,14,15,16). The fourth-order valence-electron chi connectivity index (χ4n) is 1.24. The van der Waals surface area contributed by atoms with Gasteiger partial charge in [-0.2, -0.15) is 0 Å². The van der Waals surface area contributed by atoms with Crippen LogP contribution in [0, 0.1) is 0 Å². The molecular weight excluding hydrogens is 256 g/mol. The summed E-state index contributed by atoms with van der Waals surface area (Å²) in [5, 5.41) is 5.91. The van der Waals surface area contributed by atoms with E-state index in [1.165, 1.54) is 0 Å². The van der Waals surface area contributed by atoms with Crippen LogP contribution in [0.2, 0.25) is 5.15 Å². The van der Waals surface area contributed by atoms with Crippen molar-refractivity contribution in [3.8, 4) is 0 Å². The minimum atomic E-state index is -0.0304. The topological polar surface area (TPSA) is 76.1 Å². The fourth-order valence-corrected chi connectivity index (χ4v) is 1.44. The van der Waals surface area contributed by atoms with Gasteiger partial charge in [0.05, 0.1) is 0 Å². The number of nitrogens with one attached hydrogen (secondary N) is 2. The fraction of sp³-hybridized carbons (Fsp3) is 0.545. The number of nitrogens with zero attached hydrogens (tertiary/aromatic N) is 2. The average Bonchev–Trinajstić information content (AvgIpc) is 2.35. The SMILES string of the molecule is CCOCc1nc(Cl)cc(NCCC(=O)NC)n1. The third-order valence-corrected chi connectivity index (χ3v) is 2.31. The molecule has 100 valence electrons. The van der Waals surface area contributed by atoms with Crippen LogP contribution in [0.1, 0.15) is 19.2 Å². The molecule has 7 heteroatoms. The lowest BCUT2D eigenvalue weighted by atomic mass is 10.4. The second-order valence-electron chi connectivity index (χ2n) is 3.48. The molecule has 1 aromatic rings. The van der Waals surface area contributed by atoms with Crippen molar-refractivity contribution in [3.05, 3.63) is 17.0 Å². The minimum Gasteiger partial charge on any atom is -0.374 e. The van der Waals surface area contributed by atoms with E-state index in [2.05, 4.69) is 20.6 Å². The third kappa shape index (κ3) is 5.29. The number of hydrogen-bond acceptors (Lipinski definition) is 5. The summed E-state index contributed by atoms with van der Waals surface area (Å²) in [5.41, 5.74) is 0. The third-order valence-electron chi connectivity index (χ3n) is 2.11. The molecule has 0 atom stereocenters. The smallest absolute Gasteiger partial charge is 0.221 e. The maximum Gasteiger partial charge on any atom is 0.221 e. The number of rotatable bonds is 7. The first-order chi connectivity index (χ1) is 8.65. The van der Waals surface area contributed by atoms with Crippen LogP contribution >= 0.6 is 11.6 Å². The molecule has 1 aromatic heterocycles. The Morgan fingerprint density at radius 3 is 2.94 bits per heavy atom. The van der Waals surface area contributed by atoms with Crippen LogP contribution in [-0.2, 0) is 16.1 Å². The summed E-state index contributed by atoms with van der Waals surface area (Å²) in [7, 11) is 1.60. The highest BCUT2D eigenvalue weighted by Gasteiger charge is 2.04. The first-order valence-corrected chi connectivity index (χ1v) is 6.09. The molecule has 0 radical (unpaired) electrons. The van der Waals surface area contributed by atoms with Crippen LogP contribution in [0.3, 0.4) is 0 Å². The largest absolute Gasteiger partial charge is 0.374 e. The van der Waals surface area contributed by atoms with E-state index in [9.17, 15) is 4.79 Å². The second-order valence-corrected chi connectivity index (χ2v) is 3.87. The zero-order valence-electron chi connectivity index (χ0n) is 10.5. The summed E-state index contributed by atoms with van der Waals surface area (Å²) in [6, 6.07) is 1.61. The summed E-state index contributed by atoms with van der Waals surface area (Å²) in [6.45, 7) is 3.30. The van der Waals surface area contributed by atoms with Crippen molar-refractivity contribution in [3.63, 3.8) is 0 Å². The number of amides is 1. The molecule has 0 aliphatic carbocycles. The van der Waals surface area contributed by atoms with Gasteiger partial charge in [-0.25, -0.2) is 9.97 Å². The first kappa shape index (κ1) is 14.7. The lowest BCUT2D eigenvalue weighted by Crippen LogP contribution is -2.21. The van der Waals surface area contributed by atoms with E-state index in [-0.39, 0.29) is 5.91 Å². The van der Waals surface area contributed by atoms with Crippen LogP contribution < -0.4 is 10.6 Å². The average molecular weight is 273 g/mol. The Hall–Kier alpha value is -1.40. The van der Waals surface area contributed by atoms with Crippen LogP contribution in [0.25, 0.3) is 0 Å². The van der Waals surface area contributed by atoms with Gasteiger partial charge in [-0.3, -0.25) is 4.79 Å². The van der Waals surface area contributed by atoms with Gasteiger partial charge in [-0.1, -0.05) is 11.6 Å². The van der Waals surface area contributed by atoms with Gasteiger partial charge >= 0.3 is 0 Å². The summed E-state index contributed by atoms with van der Waals surface area (Å²) in [6.07, 6.45) is 0.374. The van der Waals surface area contributed by atoms with E-state index in [1.807, 2.05) is 6.92 Å². The molecule has 0 saturated heterocycles. The van der Waals surface area contributed by atoms with E-state index in [0.29, 0.717) is 43.0 Å². The van der Waals surface area contributed by atoms with Crippen LogP contribution in [0.5, 0.6) is 0 Å². The van der Waals surface area contributed by atoms with Gasteiger partial charge in [0, 0.05) is 32.7 Å². The van der Waals surface area contributed by atoms with Crippen LogP contribution in [0.4, 0.5) is 5.82 Å². The highest BCUT2D eigenvalue weighted by molar-refractivity contribution is 6.29. The van der Waals surface area contributed by atoms with Gasteiger partial charge in [0.15, 0.2) is 5.82 Å². The number of halogens is 1. The number of aromatic nitrogens is 2. The van der Waals surface area contributed by atoms with E-state index < -0.39 is 0 Å². The van der Waals surface area contributed by atoms with Gasteiger partial charge in [0.1, 0.15) is 17.6 Å². The van der Waals surface area contributed by atoms with Crippen molar-refractivity contribution in [1.29, 1.82) is 0 Å². The molecule has 0 unspecified atom stereocenters. The molecule has 0 saturated carbocycles. The molecule has 1 heterocycles. The van der Waals surface area contributed by atoms with Crippen molar-refractivity contribution in [2.75, 3.05) is 25.5 Å². The molecule has 0 aliphatic rings. The Kier molecular flexibility index (Phi) is 6.38. The summed E-state index contributed by atoms with van der Waals surface area (Å²) < 4.78 is 5.21. The lowest BCUT2D eigenvalue weighted by molar-refractivity contribution is -0.120. The van der Waals surface area contributed by atoms with Crippen molar-refractivity contribution in [2.24, 2.45) is 0 Å². The Bertz CT molecular complexity index is 401. The normalized spacial score (nSPS) is 10.2. The maximum atomic E-state index is 11.0. The lowest BCUT2D eigenvalue weighted by Gasteiger charge is -2.07. The van der Waals surface area contributed by atoms with Gasteiger partial charge in [-0.05, 0) is 6.92 Å². The number of anilines is 1. The molecule has 6 nitrogen and oxygen atoms in total. The van der Waals surface area contributed by atoms with Crippen molar-refractivity contribution in [1.82, 2.24) is 15.3 Å². The number of hydrogen-bond donors (Lipinski definition) is 2. The van der Waals surface area contributed by atoms with E-state index in [4.69, 9.17) is 16.3 Å². The molecule has 0 spiro atoms. The van der Waals surface area contributed by atoms with E-state index in [0.717, 1.165) is 0 Å². The molecule has 0 aromatic carbocycles. The van der Waals surface area contributed by atoms with Gasteiger partial charge in [-0.15, -0.1) is 0 Å². The zero-order valence-corrected chi connectivity index (χ0v) is 11.3. The predicted molar refractivity (Wildman–Crippen MR) is 69.5 cm³/mol. The van der Waals surface area contributed by atoms with Crippen LogP contribution in [-0.4, -0.2) is 36.1 Å². The Balaban J connectivity index is 2.54. The summed E-state index contributed by atoms with van der Waals surface area (Å²) in [5.74, 6) is 1.08. The summed E-state index contributed by atoms with van der Waals surface area (Å²) >= 11 is 5.87. The minimum absolute atomic E-state index is 0.0304. The quantitative estimate of drug-likeness (QED) is 0.730. The Morgan fingerprint density at radius 2 is 2.28 bits per heavy atom. The molecular formula is C11H17ClN4O2. The first-order valence-electron chi connectivity index (χ1n) is 5.71. The van der Waals surface area contributed by atoms with Gasteiger partial charge in [0.25, 0.3) is 0 Å². The van der Waals surface area contributed by atoms with E-state index >= 15 is 0 Å². The molecule has 0 fully saturated rings. The molecule has 0 aliphatic heterocycles. The van der Waals surface area contributed by atoms with E-state index in [1.54, 1.807) is 13.1 Å². The molecule has 18 heavy (non-hydrogen) atoms. The van der Waals surface area contributed by atoms with Gasteiger partial charge in [0.2, 0.25) is 5.91 Å². The number of ether oxygens (including phenoxy) is 1. The van der Waals surface area contributed by atoms with Crippen molar-refractivity contribution >= 4 is 23.3 Å². The molecule has 1 rings (SSSR count). The monoisotopic (exact) mass is 272 g/mol. The zero-order chi connectivity index (χ0) is 13.4. The van der Waals surface area contributed by atoms with Gasteiger partial charge < -0.3 is 15.4 Å². The number of carbonyl (C=O) groups excluding carboxylic acids is 1. The van der Waals surface area contributed by atoms with Crippen molar-refractivity contribution in [2.45, 2.75) is 20.0 Å².